The van der Waals surface area contributed by atoms with Gasteiger partial charge in [-0.05, 0) is 26.8 Å². The van der Waals surface area contributed by atoms with Gasteiger partial charge in [-0.2, -0.15) is 10.2 Å². The average Bonchev–Trinajstić information content (AvgIpc) is 3.13. The number of rotatable bonds is 2. The second-order valence-corrected chi connectivity index (χ2v) is 6.24. The van der Waals surface area contributed by atoms with Crippen molar-refractivity contribution in [2.24, 2.45) is 14.1 Å². The van der Waals surface area contributed by atoms with Crippen molar-refractivity contribution < 1.29 is 0 Å². The fraction of sp³-hybridized carbons (Fsp3) is 0.278. The summed E-state index contributed by atoms with van der Waals surface area (Å²) in [6, 6.07) is 6.30. The fourth-order valence-corrected chi connectivity index (χ4v) is 3.41. The van der Waals surface area contributed by atoms with Crippen LogP contribution in [0.3, 0.4) is 0 Å². The molecule has 0 unspecified atom stereocenters. The predicted octanol–water partition coefficient (Wildman–Crippen LogP) is 3.08. The number of para-hydroxylation sites is 1. The van der Waals surface area contributed by atoms with E-state index < -0.39 is 0 Å². The van der Waals surface area contributed by atoms with Crippen LogP contribution in [-0.2, 0) is 14.1 Å². The maximum atomic E-state index is 4.86. The van der Waals surface area contributed by atoms with Crippen molar-refractivity contribution in [1.29, 1.82) is 0 Å². The van der Waals surface area contributed by atoms with Gasteiger partial charge in [0.15, 0.2) is 0 Å². The van der Waals surface area contributed by atoms with Crippen LogP contribution in [-0.4, -0.2) is 29.1 Å². The zero-order valence-electron chi connectivity index (χ0n) is 14.6. The first-order chi connectivity index (χ1) is 11.5. The number of imidazole rings is 1. The summed E-state index contributed by atoms with van der Waals surface area (Å²) in [6.07, 6.45) is 4.08. The molecule has 4 rings (SSSR count). The summed E-state index contributed by atoms with van der Waals surface area (Å²) < 4.78 is 5.86. The zero-order valence-corrected chi connectivity index (χ0v) is 14.6. The van der Waals surface area contributed by atoms with Crippen LogP contribution in [0.15, 0.2) is 30.6 Å². The summed E-state index contributed by atoms with van der Waals surface area (Å²) in [7, 11) is 3.88. The van der Waals surface area contributed by atoms with E-state index in [-0.39, 0.29) is 0 Å². The highest BCUT2D eigenvalue weighted by Gasteiger charge is 2.17. The van der Waals surface area contributed by atoms with Gasteiger partial charge in [-0.3, -0.25) is 13.9 Å². The third kappa shape index (κ3) is 2.06. The molecule has 0 amide bonds. The first-order valence-corrected chi connectivity index (χ1v) is 7.95. The molecule has 0 atom stereocenters. The minimum absolute atomic E-state index is 0.954. The lowest BCUT2D eigenvalue weighted by atomic mass is 10.1. The van der Waals surface area contributed by atoms with Crippen molar-refractivity contribution in [3.63, 3.8) is 0 Å². The molecule has 6 heteroatoms. The van der Waals surface area contributed by atoms with Gasteiger partial charge in [0.2, 0.25) is 0 Å². The molecule has 3 heterocycles. The van der Waals surface area contributed by atoms with Gasteiger partial charge in [0.25, 0.3) is 0 Å². The molecule has 0 saturated heterocycles. The van der Waals surface area contributed by atoms with Crippen molar-refractivity contribution in [3.05, 3.63) is 47.8 Å². The van der Waals surface area contributed by atoms with Crippen LogP contribution in [0.4, 0.5) is 0 Å². The van der Waals surface area contributed by atoms with Crippen molar-refractivity contribution in [2.75, 3.05) is 0 Å². The molecule has 0 spiro atoms. The van der Waals surface area contributed by atoms with Crippen LogP contribution in [0.5, 0.6) is 0 Å². The van der Waals surface area contributed by atoms with Gasteiger partial charge < -0.3 is 0 Å². The van der Waals surface area contributed by atoms with E-state index >= 15 is 0 Å². The highest BCUT2D eigenvalue weighted by Crippen LogP contribution is 2.32. The number of hydrogen-bond donors (Lipinski definition) is 0. The SMILES string of the molecule is Cc1nn(C)cc1-c1cccc2c1nc(C)n2-c1cn(C)nc1C. The number of aromatic nitrogens is 6. The highest BCUT2D eigenvalue weighted by molar-refractivity contribution is 5.93. The number of fused-ring (bicyclic) bond motifs is 1. The van der Waals surface area contributed by atoms with Crippen molar-refractivity contribution in [1.82, 2.24) is 29.1 Å². The standard InChI is InChI=1S/C18H20N6/c1-11-15(9-22(4)20-11)14-7-6-8-16-18(14)19-13(3)24(16)17-10-23(5)21-12(17)2/h6-10H,1-5H3. The second-order valence-electron chi connectivity index (χ2n) is 6.24. The molecule has 1 aromatic carbocycles. The summed E-state index contributed by atoms with van der Waals surface area (Å²) in [4.78, 5) is 4.86. The Labute approximate surface area is 140 Å². The Morgan fingerprint density at radius 1 is 0.833 bits per heavy atom. The van der Waals surface area contributed by atoms with Crippen molar-refractivity contribution in [3.8, 4) is 16.8 Å². The summed E-state index contributed by atoms with van der Waals surface area (Å²) >= 11 is 0. The molecule has 6 nitrogen and oxygen atoms in total. The number of aryl methyl sites for hydroxylation is 5. The predicted molar refractivity (Wildman–Crippen MR) is 94.2 cm³/mol. The summed E-state index contributed by atoms with van der Waals surface area (Å²) in [5, 5.41) is 8.94. The maximum Gasteiger partial charge on any atom is 0.111 e. The summed E-state index contributed by atoms with van der Waals surface area (Å²) in [5.74, 6) is 0.954. The Bertz CT molecular complexity index is 1060. The molecule has 0 aliphatic heterocycles. The van der Waals surface area contributed by atoms with Crippen molar-refractivity contribution in [2.45, 2.75) is 20.8 Å². The molecule has 0 aliphatic carbocycles. The second kappa shape index (κ2) is 5.06. The number of benzene rings is 1. The molecule has 0 aliphatic rings. The quantitative estimate of drug-likeness (QED) is 0.570. The molecule has 0 N–H and O–H groups in total. The molecule has 24 heavy (non-hydrogen) atoms. The average molecular weight is 320 g/mol. The minimum Gasteiger partial charge on any atom is -0.293 e. The topological polar surface area (TPSA) is 53.5 Å². The van der Waals surface area contributed by atoms with Gasteiger partial charge in [-0.1, -0.05) is 12.1 Å². The molecule has 0 fully saturated rings. The lowest BCUT2D eigenvalue weighted by Gasteiger charge is -2.06. The first kappa shape index (κ1) is 14.7. The molecular formula is C18H20N6. The highest BCUT2D eigenvalue weighted by atomic mass is 15.3. The Hall–Kier alpha value is -2.89. The molecular weight excluding hydrogens is 300 g/mol. The molecule has 3 aromatic heterocycles. The van der Waals surface area contributed by atoms with Crippen LogP contribution >= 0.6 is 0 Å². The summed E-state index contributed by atoms with van der Waals surface area (Å²) in [6.45, 7) is 6.09. The van der Waals surface area contributed by atoms with Gasteiger partial charge in [-0.25, -0.2) is 4.98 Å². The van der Waals surface area contributed by atoms with E-state index in [9.17, 15) is 0 Å². The third-order valence-electron chi connectivity index (χ3n) is 4.38. The van der Waals surface area contributed by atoms with Gasteiger partial charge in [0.05, 0.1) is 28.1 Å². The molecule has 0 radical (unpaired) electrons. The van der Waals surface area contributed by atoms with Gasteiger partial charge in [0, 0.05) is 37.6 Å². The van der Waals surface area contributed by atoms with E-state index in [0.29, 0.717) is 0 Å². The lowest BCUT2D eigenvalue weighted by molar-refractivity contribution is 0.756. The fourth-order valence-electron chi connectivity index (χ4n) is 3.41. The van der Waals surface area contributed by atoms with E-state index in [2.05, 4.69) is 33.0 Å². The number of hydrogen-bond acceptors (Lipinski definition) is 3. The molecule has 0 bridgehead atoms. The van der Waals surface area contributed by atoms with E-state index in [1.165, 1.54) is 0 Å². The van der Waals surface area contributed by atoms with E-state index in [0.717, 1.165) is 45.1 Å². The monoisotopic (exact) mass is 320 g/mol. The molecule has 4 aromatic rings. The Kier molecular flexibility index (Phi) is 3.09. The third-order valence-corrected chi connectivity index (χ3v) is 4.38. The van der Waals surface area contributed by atoms with E-state index in [1.54, 1.807) is 0 Å². The van der Waals surface area contributed by atoms with E-state index in [1.807, 2.05) is 56.6 Å². The van der Waals surface area contributed by atoms with Crippen LogP contribution < -0.4 is 0 Å². The van der Waals surface area contributed by atoms with Crippen molar-refractivity contribution >= 4 is 11.0 Å². The van der Waals surface area contributed by atoms with Crippen LogP contribution in [0.1, 0.15) is 17.2 Å². The Balaban J connectivity index is 2.03. The van der Waals surface area contributed by atoms with Gasteiger partial charge >= 0.3 is 0 Å². The Morgan fingerprint density at radius 3 is 2.17 bits per heavy atom. The smallest absolute Gasteiger partial charge is 0.111 e. The lowest BCUT2D eigenvalue weighted by Crippen LogP contribution is -1.97. The normalized spacial score (nSPS) is 11.5. The molecule has 122 valence electrons. The molecule has 0 saturated carbocycles. The van der Waals surface area contributed by atoms with Gasteiger partial charge in [-0.15, -0.1) is 0 Å². The van der Waals surface area contributed by atoms with Crippen LogP contribution in [0, 0.1) is 20.8 Å². The maximum absolute atomic E-state index is 4.86. The number of nitrogens with zero attached hydrogens (tertiary/aromatic N) is 6. The summed E-state index contributed by atoms with van der Waals surface area (Å²) in [5.41, 5.74) is 7.38. The Morgan fingerprint density at radius 2 is 1.54 bits per heavy atom. The van der Waals surface area contributed by atoms with Crippen LogP contribution in [0.25, 0.3) is 27.8 Å². The minimum atomic E-state index is 0.954. The zero-order chi connectivity index (χ0) is 17.0. The van der Waals surface area contributed by atoms with Crippen LogP contribution in [0.2, 0.25) is 0 Å². The van der Waals surface area contributed by atoms with Gasteiger partial charge in [0.1, 0.15) is 5.82 Å². The largest absolute Gasteiger partial charge is 0.293 e. The first-order valence-electron chi connectivity index (χ1n) is 7.95. The van der Waals surface area contributed by atoms with E-state index in [4.69, 9.17) is 4.98 Å².